The maximum atomic E-state index is 12.9. The van der Waals surface area contributed by atoms with Gasteiger partial charge in [0.25, 0.3) is 5.95 Å². The van der Waals surface area contributed by atoms with Crippen molar-refractivity contribution in [3.8, 4) is 0 Å². The van der Waals surface area contributed by atoms with Crippen molar-refractivity contribution >= 4 is 0 Å². The minimum absolute atomic E-state index is 3.35. The lowest BCUT2D eigenvalue weighted by Crippen LogP contribution is -2.81. The zero-order chi connectivity index (χ0) is 17.2. The molecular formula is C7F13N. The summed E-state index contributed by atoms with van der Waals surface area (Å²) < 4.78 is 163. The summed E-state index contributed by atoms with van der Waals surface area (Å²) in [5, 5.41) is 0. The summed E-state index contributed by atoms with van der Waals surface area (Å²) in [4.78, 5) is -3.35. The van der Waals surface area contributed by atoms with E-state index in [9.17, 15) is 57.1 Å². The van der Waals surface area contributed by atoms with E-state index in [1.807, 2.05) is 0 Å². The smallest absolute Gasteiger partial charge is 0.212 e. The largest absolute Gasteiger partial charge is 0.401 e. The maximum absolute atomic E-state index is 12.9. The first-order valence-electron chi connectivity index (χ1n) is 4.38. The first-order chi connectivity index (χ1) is 8.98. The SMILES string of the molecule is FC(F)=C(F)N1C(F)(F)C(F)(F)C(F)(F)C(F)(F)C1(F)F. The zero-order valence-corrected chi connectivity index (χ0v) is 8.86. The van der Waals surface area contributed by atoms with Crippen molar-refractivity contribution in [2.75, 3.05) is 0 Å². The van der Waals surface area contributed by atoms with Gasteiger partial charge in [-0.3, -0.25) is 0 Å². The molecule has 0 amide bonds. The van der Waals surface area contributed by atoms with Gasteiger partial charge < -0.3 is 0 Å². The van der Waals surface area contributed by atoms with Crippen molar-refractivity contribution in [2.24, 2.45) is 0 Å². The van der Waals surface area contributed by atoms with Crippen LogP contribution in [-0.4, -0.2) is 34.8 Å². The van der Waals surface area contributed by atoms with E-state index in [0.29, 0.717) is 0 Å². The summed E-state index contributed by atoms with van der Waals surface area (Å²) in [6.07, 6.45) is -4.12. The Kier molecular flexibility index (Phi) is 3.44. The molecular weight excluding hydrogens is 345 g/mol. The van der Waals surface area contributed by atoms with Crippen LogP contribution in [0.3, 0.4) is 0 Å². The summed E-state index contributed by atoms with van der Waals surface area (Å²) in [6.45, 7) is 0. The lowest BCUT2D eigenvalue weighted by Gasteiger charge is -2.50. The number of hydrogen-bond donors (Lipinski definition) is 0. The molecule has 1 rings (SSSR count). The second kappa shape index (κ2) is 4.09. The Balaban J connectivity index is 3.79. The fraction of sp³-hybridized carbons (Fsp3) is 0.714. The van der Waals surface area contributed by atoms with Crippen LogP contribution in [0, 0.1) is 0 Å². The number of piperidine rings is 1. The highest BCUT2D eigenvalue weighted by atomic mass is 19.4. The van der Waals surface area contributed by atoms with E-state index < -0.39 is 46.8 Å². The summed E-state index contributed by atoms with van der Waals surface area (Å²) in [6, 6.07) is -14.1. The van der Waals surface area contributed by atoms with Gasteiger partial charge in [-0.1, -0.05) is 0 Å². The Morgan fingerprint density at radius 3 is 1.05 bits per heavy atom. The number of hydrogen-bond acceptors (Lipinski definition) is 1. The Hall–Kier alpha value is -1.37. The van der Waals surface area contributed by atoms with Crippen molar-refractivity contribution in [1.82, 2.24) is 4.90 Å². The quantitative estimate of drug-likeness (QED) is 0.502. The predicted molar refractivity (Wildman–Crippen MR) is 36.9 cm³/mol. The van der Waals surface area contributed by atoms with Crippen LogP contribution in [-0.2, 0) is 0 Å². The summed E-state index contributed by atoms with van der Waals surface area (Å²) in [7, 11) is 0. The van der Waals surface area contributed by atoms with Gasteiger partial charge in [-0.25, -0.2) is 4.90 Å². The average Bonchev–Trinajstić information content (AvgIpc) is 2.25. The molecule has 1 heterocycles. The zero-order valence-electron chi connectivity index (χ0n) is 8.86. The molecule has 1 saturated heterocycles. The number of likely N-dealkylation sites (tertiary alicyclic amines) is 1. The van der Waals surface area contributed by atoms with Gasteiger partial charge in [-0.05, 0) is 0 Å². The van der Waals surface area contributed by atoms with Crippen LogP contribution in [0.2, 0.25) is 0 Å². The van der Waals surface area contributed by atoms with Gasteiger partial charge in [-0.15, -0.1) is 0 Å². The third-order valence-electron chi connectivity index (χ3n) is 2.46. The second-order valence-corrected chi connectivity index (χ2v) is 3.69. The topological polar surface area (TPSA) is 3.24 Å². The second-order valence-electron chi connectivity index (χ2n) is 3.69. The molecule has 1 nitrogen and oxygen atoms in total. The van der Waals surface area contributed by atoms with Crippen LogP contribution in [0.25, 0.3) is 0 Å². The molecule has 0 aromatic heterocycles. The highest BCUT2D eigenvalue weighted by molar-refractivity contribution is 5.18. The molecule has 14 heteroatoms. The molecule has 0 aromatic carbocycles. The number of alkyl halides is 10. The van der Waals surface area contributed by atoms with Crippen LogP contribution in [0.4, 0.5) is 57.1 Å². The number of halogens is 13. The fourth-order valence-electron chi connectivity index (χ4n) is 1.36. The third kappa shape index (κ3) is 1.73. The van der Waals surface area contributed by atoms with Crippen molar-refractivity contribution in [3.05, 3.63) is 12.0 Å². The van der Waals surface area contributed by atoms with Crippen LogP contribution >= 0.6 is 0 Å². The molecule has 21 heavy (non-hydrogen) atoms. The maximum Gasteiger partial charge on any atom is 0.401 e. The van der Waals surface area contributed by atoms with Crippen LogP contribution in [0.5, 0.6) is 0 Å². The van der Waals surface area contributed by atoms with Crippen molar-refractivity contribution in [1.29, 1.82) is 0 Å². The molecule has 124 valence electrons. The molecule has 1 aliphatic rings. The highest BCUT2D eigenvalue weighted by Crippen LogP contribution is 2.65. The van der Waals surface area contributed by atoms with Gasteiger partial charge in [0.05, 0.1) is 0 Å². The van der Waals surface area contributed by atoms with E-state index in [1.54, 1.807) is 0 Å². The monoisotopic (exact) mass is 345 g/mol. The van der Waals surface area contributed by atoms with Gasteiger partial charge in [-0.2, -0.15) is 57.1 Å². The molecule has 0 radical (unpaired) electrons. The van der Waals surface area contributed by atoms with Gasteiger partial charge in [0.2, 0.25) is 0 Å². The minimum Gasteiger partial charge on any atom is -0.212 e. The van der Waals surface area contributed by atoms with Crippen LogP contribution in [0.1, 0.15) is 0 Å². The Morgan fingerprint density at radius 1 is 0.524 bits per heavy atom. The molecule has 0 bridgehead atoms. The lowest BCUT2D eigenvalue weighted by atomic mass is 9.93. The molecule has 0 aliphatic carbocycles. The first kappa shape index (κ1) is 17.7. The van der Waals surface area contributed by atoms with E-state index in [-0.39, 0.29) is 0 Å². The summed E-state index contributed by atoms with van der Waals surface area (Å²) in [5.74, 6) is -26.1. The molecule has 1 aliphatic heterocycles. The van der Waals surface area contributed by atoms with Gasteiger partial charge >= 0.3 is 35.9 Å². The van der Waals surface area contributed by atoms with E-state index >= 15 is 0 Å². The standard InChI is InChI=1S/C7F13N/c8-1(9)2(10)21-6(17,18)4(13,14)3(11,12)5(15,16)7(21,19)20. The Bertz CT molecular complexity index is 443. The van der Waals surface area contributed by atoms with E-state index in [2.05, 4.69) is 0 Å². The van der Waals surface area contributed by atoms with E-state index in [4.69, 9.17) is 0 Å². The van der Waals surface area contributed by atoms with Gasteiger partial charge in [0, 0.05) is 0 Å². The van der Waals surface area contributed by atoms with E-state index in [1.165, 1.54) is 0 Å². The molecule has 0 N–H and O–H groups in total. The normalized spacial score (nSPS) is 28.1. The molecule has 0 atom stereocenters. The molecule has 1 fully saturated rings. The minimum atomic E-state index is -7.35. The lowest BCUT2D eigenvalue weighted by molar-refractivity contribution is -0.502. The Morgan fingerprint density at radius 2 is 0.810 bits per heavy atom. The van der Waals surface area contributed by atoms with Crippen LogP contribution < -0.4 is 0 Å². The summed E-state index contributed by atoms with van der Waals surface area (Å²) in [5.41, 5.74) is 0. The van der Waals surface area contributed by atoms with Crippen molar-refractivity contribution < 1.29 is 57.1 Å². The average molecular weight is 345 g/mol. The fourth-order valence-corrected chi connectivity index (χ4v) is 1.36. The van der Waals surface area contributed by atoms with Gasteiger partial charge in [0.15, 0.2) is 0 Å². The predicted octanol–water partition coefficient (Wildman–Crippen LogP) is 4.43. The number of rotatable bonds is 1. The Labute approximate surface area is 105 Å². The van der Waals surface area contributed by atoms with E-state index in [0.717, 1.165) is 0 Å². The van der Waals surface area contributed by atoms with Crippen molar-refractivity contribution in [2.45, 2.75) is 29.9 Å². The highest BCUT2D eigenvalue weighted by Gasteiger charge is 2.95. The molecule has 0 saturated carbocycles. The van der Waals surface area contributed by atoms with Gasteiger partial charge in [0.1, 0.15) is 0 Å². The molecule has 0 spiro atoms. The summed E-state index contributed by atoms with van der Waals surface area (Å²) >= 11 is 0. The number of nitrogens with zero attached hydrogens (tertiary/aromatic N) is 1. The first-order valence-corrected chi connectivity index (χ1v) is 4.38. The van der Waals surface area contributed by atoms with Crippen LogP contribution in [0.15, 0.2) is 12.0 Å². The third-order valence-corrected chi connectivity index (χ3v) is 2.46. The molecule has 0 aromatic rings. The van der Waals surface area contributed by atoms with Crippen molar-refractivity contribution in [3.63, 3.8) is 0 Å². The molecule has 0 unspecified atom stereocenters.